The van der Waals surface area contributed by atoms with E-state index in [4.69, 9.17) is 9.47 Å². The number of aliphatic hydroxyl groups is 1. The number of nitrogens with zero attached hydrogens (tertiary/aromatic N) is 1. The second kappa shape index (κ2) is 12.6. The molecule has 1 heterocycles. The van der Waals surface area contributed by atoms with E-state index in [-0.39, 0.29) is 30.3 Å². The minimum Gasteiger partial charge on any atom is -0.497 e. The third-order valence-electron chi connectivity index (χ3n) is 7.81. The fraction of sp³-hybridized carbons (Fsp3) is 0.517. The first-order valence-electron chi connectivity index (χ1n) is 13.5. The van der Waals surface area contributed by atoms with Crippen molar-refractivity contribution < 1.29 is 37.3 Å². The predicted octanol–water partition coefficient (Wildman–Crippen LogP) is 3.48. The SMILES string of the molecule is CCO[C@H]1CN(C2CCC(O)(c3ccc(OC)cc3)CC2)C[C@@H]1NC(=O)CNC(=O)c1cccc(C(F)(F)F)c1. The number of carbonyl (C=O) groups is 2. The molecule has 1 saturated heterocycles. The van der Waals surface area contributed by atoms with Gasteiger partial charge in [-0.25, -0.2) is 0 Å². The normalized spacial score (nSPS) is 25.4. The van der Waals surface area contributed by atoms with Crippen LogP contribution >= 0.6 is 0 Å². The van der Waals surface area contributed by atoms with Gasteiger partial charge in [-0.1, -0.05) is 18.2 Å². The lowest BCUT2D eigenvalue weighted by Crippen LogP contribution is -2.48. The van der Waals surface area contributed by atoms with Crippen molar-refractivity contribution in [3.8, 4) is 5.75 Å². The van der Waals surface area contributed by atoms with E-state index >= 15 is 0 Å². The Bertz CT molecular complexity index is 1170. The molecule has 4 rings (SSSR count). The van der Waals surface area contributed by atoms with Crippen molar-refractivity contribution in [2.75, 3.05) is 33.4 Å². The molecule has 0 spiro atoms. The van der Waals surface area contributed by atoms with E-state index in [0.29, 0.717) is 32.5 Å². The van der Waals surface area contributed by atoms with Crippen LogP contribution in [0.4, 0.5) is 13.2 Å². The number of halogens is 3. The zero-order valence-electron chi connectivity index (χ0n) is 22.7. The van der Waals surface area contributed by atoms with E-state index < -0.39 is 29.2 Å². The summed E-state index contributed by atoms with van der Waals surface area (Å²) < 4.78 is 50.0. The number of hydrogen-bond acceptors (Lipinski definition) is 6. The van der Waals surface area contributed by atoms with Crippen molar-refractivity contribution in [1.82, 2.24) is 15.5 Å². The molecule has 3 N–H and O–H groups in total. The molecule has 218 valence electrons. The predicted molar refractivity (Wildman–Crippen MR) is 142 cm³/mol. The highest BCUT2D eigenvalue weighted by atomic mass is 19.4. The Morgan fingerprint density at radius 3 is 2.42 bits per heavy atom. The molecular formula is C29H36F3N3O5. The Morgan fingerprint density at radius 1 is 1.10 bits per heavy atom. The van der Waals surface area contributed by atoms with Gasteiger partial charge in [-0.3, -0.25) is 14.5 Å². The summed E-state index contributed by atoms with van der Waals surface area (Å²) in [6.07, 6.45) is -2.01. The molecule has 11 heteroatoms. The largest absolute Gasteiger partial charge is 0.497 e. The van der Waals surface area contributed by atoms with Gasteiger partial charge < -0.3 is 25.2 Å². The summed E-state index contributed by atoms with van der Waals surface area (Å²) in [6, 6.07) is 11.5. The molecular weight excluding hydrogens is 527 g/mol. The molecule has 2 atom stereocenters. The van der Waals surface area contributed by atoms with Crippen molar-refractivity contribution in [3.05, 3.63) is 65.2 Å². The van der Waals surface area contributed by atoms with Crippen LogP contribution in [0.25, 0.3) is 0 Å². The number of benzene rings is 2. The van der Waals surface area contributed by atoms with Crippen LogP contribution in [0.2, 0.25) is 0 Å². The average Bonchev–Trinajstić information content (AvgIpc) is 3.33. The van der Waals surface area contributed by atoms with Gasteiger partial charge in [0.2, 0.25) is 5.91 Å². The van der Waals surface area contributed by atoms with Crippen LogP contribution in [-0.2, 0) is 21.3 Å². The highest BCUT2D eigenvalue weighted by molar-refractivity contribution is 5.96. The number of ether oxygens (including phenoxy) is 2. The van der Waals surface area contributed by atoms with Crippen LogP contribution in [0.3, 0.4) is 0 Å². The fourth-order valence-corrected chi connectivity index (χ4v) is 5.62. The molecule has 1 aliphatic carbocycles. The minimum absolute atomic E-state index is 0.172. The van der Waals surface area contributed by atoms with Crippen molar-refractivity contribution >= 4 is 11.8 Å². The molecule has 2 amide bonds. The quantitative estimate of drug-likeness (QED) is 0.432. The molecule has 1 aliphatic heterocycles. The Labute approximate surface area is 231 Å². The van der Waals surface area contributed by atoms with Crippen molar-refractivity contribution in [3.63, 3.8) is 0 Å². The summed E-state index contributed by atoms with van der Waals surface area (Å²) in [4.78, 5) is 27.3. The molecule has 2 aromatic rings. The lowest BCUT2D eigenvalue weighted by molar-refractivity contribution is -0.137. The van der Waals surface area contributed by atoms with Gasteiger partial charge in [0.25, 0.3) is 5.91 Å². The number of methoxy groups -OCH3 is 1. The summed E-state index contributed by atoms with van der Waals surface area (Å²) in [5, 5.41) is 16.6. The van der Waals surface area contributed by atoms with Gasteiger partial charge in [0, 0.05) is 31.3 Å². The molecule has 2 aromatic carbocycles. The Balaban J connectivity index is 1.30. The molecule has 0 unspecified atom stereocenters. The van der Waals surface area contributed by atoms with E-state index in [1.165, 1.54) is 6.07 Å². The van der Waals surface area contributed by atoms with Crippen LogP contribution in [0.15, 0.2) is 48.5 Å². The van der Waals surface area contributed by atoms with Crippen LogP contribution in [0.1, 0.15) is 54.1 Å². The van der Waals surface area contributed by atoms with Crippen molar-refractivity contribution in [2.24, 2.45) is 0 Å². The maximum atomic E-state index is 13.0. The fourth-order valence-electron chi connectivity index (χ4n) is 5.62. The summed E-state index contributed by atoms with van der Waals surface area (Å²) in [5.74, 6) is -0.472. The number of likely N-dealkylation sites (tertiary alicyclic amines) is 1. The molecule has 0 bridgehead atoms. The Morgan fingerprint density at radius 2 is 1.80 bits per heavy atom. The molecule has 0 radical (unpaired) electrons. The highest BCUT2D eigenvalue weighted by Crippen LogP contribution is 2.40. The van der Waals surface area contributed by atoms with Crippen molar-refractivity contribution in [1.29, 1.82) is 0 Å². The van der Waals surface area contributed by atoms with E-state index in [1.807, 2.05) is 31.2 Å². The van der Waals surface area contributed by atoms with Gasteiger partial charge in [-0.15, -0.1) is 0 Å². The van der Waals surface area contributed by atoms with Gasteiger partial charge in [0.1, 0.15) is 5.75 Å². The maximum Gasteiger partial charge on any atom is 0.416 e. The summed E-state index contributed by atoms with van der Waals surface area (Å²) in [6.45, 7) is 3.17. The number of carbonyl (C=O) groups excluding carboxylic acids is 2. The monoisotopic (exact) mass is 563 g/mol. The molecule has 2 aliphatic rings. The lowest BCUT2D eigenvalue weighted by atomic mass is 9.77. The number of hydrogen-bond donors (Lipinski definition) is 3. The average molecular weight is 564 g/mol. The first kappa shape index (κ1) is 29.8. The van der Waals surface area contributed by atoms with Gasteiger partial charge in [0.05, 0.1) is 37.0 Å². The zero-order chi connectivity index (χ0) is 28.9. The topological polar surface area (TPSA) is 100 Å². The number of nitrogens with one attached hydrogen (secondary N) is 2. The molecule has 0 aromatic heterocycles. The van der Waals surface area contributed by atoms with Gasteiger partial charge in [-0.2, -0.15) is 13.2 Å². The molecule has 1 saturated carbocycles. The molecule has 40 heavy (non-hydrogen) atoms. The summed E-state index contributed by atoms with van der Waals surface area (Å²) >= 11 is 0. The first-order chi connectivity index (χ1) is 19.0. The molecule has 2 fully saturated rings. The van der Waals surface area contributed by atoms with Gasteiger partial charge in [-0.05, 0) is 68.5 Å². The lowest BCUT2D eigenvalue weighted by Gasteiger charge is -2.40. The molecule has 8 nitrogen and oxygen atoms in total. The second-order valence-electron chi connectivity index (χ2n) is 10.4. The van der Waals surface area contributed by atoms with Crippen LogP contribution < -0.4 is 15.4 Å². The van der Waals surface area contributed by atoms with Gasteiger partial charge in [0.15, 0.2) is 0 Å². The second-order valence-corrected chi connectivity index (χ2v) is 10.4. The number of rotatable bonds is 9. The Hall–Kier alpha value is -3.15. The van der Waals surface area contributed by atoms with Crippen LogP contribution in [-0.4, -0.2) is 73.4 Å². The number of alkyl halides is 3. The zero-order valence-corrected chi connectivity index (χ0v) is 22.7. The standard InChI is InChI=1S/C29H36F3N3O5/c1-3-40-25-18-35(22-11-13-28(38,14-12-22)20-7-9-23(39-2)10-8-20)17-24(25)34-26(36)16-33-27(37)19-5-4-6-21(15-19)29(30,31)32/h4-10,15,22,24-25,38H,3,11-14,16-18H2,1-2H3,(H,33,37)(H,34,36)/t22?,24-,25-,28?/m0/s1. The van der Waals surface area contributed by atoms with Gasteiger partial charge >= 0.3 is 6.18 Å². The Kier molecular flexibility index (Phi) is 9.37. The number of amides is 2. The summed E-state index contributed by atoms with van der Waals surface area (Å²) in [7, 11) is 1.60. The third kappa shape index (κ3) is 7.13. The minimum atomic E-state index is -4.57. The highest BCUT2D eigenvalue weighted by Gasteiger charge is 2.42. The smallest absolute Gasteiger partial charge is 0.416 e. The van der Waals surface area contributed by atoms with Crippen LogP contribution in [0.5, 0.6) is 5.75 Å². The van der Waals surface area contributed by atoms with Crippen molar-refractivity contribution in [2.45, 2.75) is 62.6 Å². The van der Waals surface area contributed by atoms with Crippen LogP contribution in [0, 0.1) is 0 Å². The maximum absolute atomic E-state index is 13.0. The van der Waals surface area contributed by atoms with E-state index in [2.05, 4.69) is 15.5 Å². The third-order valence-corrected chi connectivity index (χ3v) is 7.81. The van der Waals surface area contributed by atoms with E-state index in [0.717, 1.165) is 42.4 Å². The van der Waals surface area contributed by atoms with E-state index in [1.54, 1.807) is 7.11 Å². The summed E-state index contributed by atoms with van der Waals surface area (Å²) in [5.41, 5.74) is -1.13. The van der Waals surface area contributed by atoms with E-state index in [9.17, 15) is 27.9 Å². The first-order valence-corrected chi connectivity index (χ1v) is 13.5.